The van der Waals surface area contributed by atoms with Crippen LogP contribution in [0.3, 0.4) is 0 Å². The molecule has 0 unspecified atom stereocenters. The summed E-state index contributed by atoms with van der Waals surface area (Å²) in [5, 5.41) is 11.0. The number of halogens is 1. The quantitative estimate of drug-likeness (QED) is 0.743. The normalized spacial score (nSPS) is 10.6. The minimum Gasteiger partial charge on any atom is -0.481 e. The second kappa shape index (κ2) is 8.02. The van der Waals surface area contributed by atoms with E-state index < -0.39 is 5.97 Å². The van der Waals surface area contributed by atoms with E-state index in [9.17, 15) is 14.0 Å². The predicted octanol–water partition coefficient (Wildman–Crippen LogP) is 2.21. The molecule has 102 valence electrons. The predicted molar refractivity (Wildman–Crippen MR) is 69.9 cm³/mol. The summed E-state index contributed by atoms with van der Waals surface area (Å²) < 4.78 is 12.6. The summed E-state index contributed by atoms with van der Waals surface area (Å²) in [7, 11) is 0. The Kier molecular flexibility index (Phi) is 6.29. The van der Waals surface area contributed by atoms with Crippen LogP contribution in [-0.4, -0.2) is 23.5 Å². The summed E-state index contributed by atoms with van der Waals surface area (Å²) in [5.74, 6) is -1.33. The molecule has 0 aliphatic rings. The van der Waals surface area contributed by atoms with Gasteiger partial charge in [0.05, 0.1) is 0 Å². The van der Waals surface area contributed by atoms with Crippen molar-refractivity contribution in [2.75, 3.05) is 6.54 Å². The summed E-state index contributed by atoms with van der Waals surface area (Å²) >= 11 is 0. The first kappa shape index (κ1) is 14.9. The zero-order valence-corrected chi connectivity index (χ0v) is 10.4. The number of amides is 1. The van der Waals surface area contributed by atoms with Gasteiger partial charge >= 0.3 is 5.97 Å². The van der Waals surface area contributed by atoms with Crippen LogP contribution in [0.4, 0.5) is 4.39 Å². The molecule has 0 aliphatic heterocycles. The zero-order valence-electron chi connectivity index (χ0n) is 10.4. The van der Waals surface area contributed by atoms with Gasteiger partial charge in [0.25, 0.3) is 0 Å². The number of rotatable bonds is 7. The van der Waals surface area contributed by atoms with Crippen molar-refractivity contribution in [3.05, 3.63) is 41.7 Å². The van der Waals surface area contributed by atoms with Crippen LogP contribution in [0.1, 0.15) is 24.8 Å². The van der Waals surface area contributed by atoms with E-state index in [0.29, 0.717) is 13.0 Å². The maximum Gasteiger partial charge on any atom is 0.303 e. The summed E-state index contributed by atoms with van der Waals surface area (Å²) in [4.78, 5) is 21.6. The number of carboxylic acids is 1. The number of hydrogen-bond donors (Lipinski definition) is 2. The molecule has 0 atom stereocenters. The SMILES string of the molecule is O=C(O)CCCNC(=O)C/C=C/c1ccc(F)cc1. The van der Waals surface area contributed by atoms with Crippen LogP contribution >= 0.6 is 0 Å². The molecule has 0 aliphatic carbocycles. The van der Waals surface area contributed by atoms with E-state index in [0.717, 1.165) is 5.56 Å². The highest BCUT2D eigenvalue weighted by atomic mass is 19.1. The van der Waals surface area contributed by atoms with Gasteiger partial charge < -0.3 is 10.4 Å². The van der Waals surface area contributed by atoms with Gasteiger partial charge in [-0.3, -0.25) is 9.59 Å². The Morgan fingerprint density at radius 2 is 1.95 bits per heavy atom. The minimum atomic E-state index is -0.870. The molecule has 0 fully saturated rings. The second-order valence-corrected chi connectivity index (χ2v) is 4.01. The fourth-order valence-electron chi connectivity index (χ4n) is 1.42. The Morgan fingerprint density at radius 1 is 1.26 bits per heavy atom. The molecule has 5 heteroatoms. The molecule has 19 heavy (non-hydrogen) atoms. The number of nitrogens with one attached hydrogen (secondary N) is 1. The second-order valence-electron chi connectivity index (χ2n) is 4.01. The Balaban J connectivity index is 2.22. The first-order chi connectivity index (χ1) is 9.08. The number of aliphatic carboxylic acids is 1. The molecule has 0 aromatic heterocycles. The Bertz CT molecular complexity index is 454. The first-order valence-electron chi connectivity index (χ1n) is 5.98. The van der Waals surface area contributed by atoms with Crippen molar-refractivity contribution in [2.24, 2.45) is 0 Å². The van der Waals surface area contributed by atoms with Crippen LogP contribution in [-0.2, 0) is 9.59 Å². The molecule has 0 saturated carbocycles. The van der Waals surface area contributed by atoms with E-state index in [1.807, 2.05) is 0 Å². The number of carbonyl (C=O) groups excluding carboxylic acids is 1. The van der Waals surface area contributed by atoms with Gasteiger partial charge in [-0.1, -0.05) is 24.3 Å². The number of carbonyl (C=O) groups is 2. The molecule has 0 saturated heterocycles. The van der Waals surface area contributed by atoms with Gasteiger partial charge in [0.2, 0.25) is 5.91 Å². The molecule has 1 aromatic rings. The highest BCUT2D eigenvalue weighted by Crippen LogP contribution is 2.05. The van der Waals surface area contributed by atoms with Gasteiger partial charge in [0.1, 0.15) is 5.82 Å². The smallest absolute Gasteiger partial charge is 0.303 e. The lowest BCUT2D eigenvalue weighted by Crippen LogP contribution is -2.23. The van der Waals surface area contributed by atoms with E-state index in [1.54, 1.807) is 24.3 Å². The monoisotopic (exact) mass is 265 g/mol. The van der Waals surface area contributed by atoms with Crippen molar-refractivity contribution in [1.82, 2.24) is 5.32 Å². The van der Waals surface area contributed by atoms with Crippen LogP contribution in [0.15, 0.2) is 30.3 Å². The van der Waals surface area contributed by atoms with Crippen molar-refractivity contribution in [2.45, 2.75) is 19.3 Å². The van der Waals surface area contributed by atoms with Crippen LogP contribution < -0.4 is 5.32 Å². The fourth-order valence-corrected chi connectivity index (χ4v) is 1.42. The standard InChI is InChI=1S/C14H16FNO3/c15-12-8-6-11(7-9-12)3-1-4-13(17)16-10-2-5-14(18)19/h1,3,6-9H,2,4-5,10H2,(H,16,17)(H,18,19)/b3-1+. The van der Waals surface area contributed by atoms with Gasteiger partial charge in [-0.15, -0.1) is 0 Å². The van der Waals surface area contributed by atoms with Gasteiger partial charge in [0.15, 0.2) is 0 Å². The fraction of sp³-hybridized carbons (Fsp3) is 0.286. The molecule has 2 N–H and O–H groups in total. The van der Waals surface area contributed by atoms with Crippen LogP contribution in [0.2, 0.25) is 0 Å². The van der Waals surface area contributed by atoms with E-state index in [2.05, 4.69) is 5.32 Å². The average Bonchev–Trinajstić information content (AvgIpc) is 2.37. The molecule has 4 nitrogen and oxygen atoms in total. The van der Waals surface area contributed by atoms with Gasteiger partial charge in [0, 0.05) is 19.4 Å². The minimum absolute atomic E-state index is 0.0473. The van der Waals surface area contributed by atoms with Gasteiger partial charge in [-0.2, -0.15) is 0 Å². The lowest BCUT2D eigenvalue weighted by Gasteiger charge is -2.01. The molecular weight excluding hydrogens is 249 g/mol. The van der Waals surface area contributed by atoms with Crippen LogP contribution in [0.25, 0.3) is 6.08 Å². The van der Waals surface area contributed by atoms with Crippen LogP contribution in [0, 0.1) is 5.82 Å². The molecule has 1 rings (SSSR count). The molecule has 0 heterocycles. The van der Waals surface area contributed by atoms with E-state index in [1.165, 1.54) is 12.1 Å². The van der Waals surface area contributed by atoms with Gasteiger partial charge in [-0.05, 0) is 24.1 Å². The molecule has 1 aromatic carbocycles. The lowest BCUT2D eigenvalue weighted by molar-refractivity contribution is -0.137. The third kappa shape index (κ3) is 6.98. The molecular formula is C14H16FNO3. The van der Waals surface area contributed by atoms with Crippen molar-refractivity contribution >= 4 is 18.0 Å². The highest BCUT2D eigenvalue weighted by molar-refractivity contribution is 5.78. The molecule has 0 bridgehead atoms. The third-order valence-corrected chi connectivity index (χ3v) is 2.37. The lowest BCUT2D eigenvalue weighted by atomic mass is 10.2. The molecule has 0 spiro atoms. The van der Waals surface area contributed by atoms with E-state index in [4.69, 9.17) is 5.11 Å². The van der Waals surface area contributed by atoms with Crippen LogP contribution in [0.5, 0.6) is 0 Å². The topological polar surface area (TPSA) is 66.4 Å². The first-order valence-corrected chi connectivity index (χ1v) is 5.98. The Labute approximate surface area is 110 Å². The summed E-state index contributed by atoms with van der Waals surface area (Å²) in [5.41, 5.74) is 0.820. The Hall–Kier alpha value is -2.17. The number of benzene rings is 1. The van der Waals surface area contributed by atoms with Crippen molar-refractivity contribution in [1.29, 1.82) is 0 Å². The number of carboxylic acid groups (broad SMARTS) is 1. The molecule has 0 radical (unpaired) electrons. The van der Waals surface area contributed by atoms with E-state index in [-0.39, 0.29) is 24.6 Å². The maximum absolute atomic E-state index is 12.6. The van der Waals surface area contributed by atoms with Crippen molar-refractivity contribution in [3.8, 4) is 0 Å². The van der Waals surface area contributed by atoms with Crippen molar-refractivity contribution in [3.63, 3.8) is 0 Å². The third-order valence-electron chi connectivity index (χ3n) is 2.37. The zero-order chi connectivity index (χ0) is 14.1. The molecule has 1 amide bonds. The van der Waals surface area contributed by atoms with E-state index >= 15 is 0 Å². The largest absolute Gasteiger partial charge is 0.481 e. The van der Waals surface area contributed by atoms with Gasteiger partial charge in [-0.25, -0.2) is 4.39 Å². The summed E-state index contributed by atoms with van der Waals surface area (Å²) in [6.45, 7) is 0.357. The highest BCUT2D eigenvalue weighted by Gasteiger charge is 1.99. The summed E-state index contributed by atoms with van der Waals surface area (Å²) in [6.07, 6.45) is 4.09. The average molecular weight is 265 g/mol. The van der Waals surface area contributed by atoms with Crippen molar-refractivity contribution < 1.29 is 19.1 Å². The Morgan fingerprint density at radius 3 is 2.58 bits per heavy atom. The number of hydrogen-bond acceptors (Lipinski definition) is 2. The summed E-state index contributed by atoms with van der Waals surface area (Å²) in [6, 6.07) is 5.95. The maximum atomic E-state index is 12.6.